The summed E-state index contributed by atoms with van der Waals surface area (Å²) in [5.74, 6) is -0.405. The van der Waals surface area contributed by atoms with Crippen molar-refractivity contribution in [3.8, 4) is 6.07 Å². The number of esters is 1. The lowest BCUT2D eigenvalue weighted by atomic mass is 10.1. The van der Waals surface area contributed by atoms with Gasteiger partial charge in [-0.2, -0.15) is 5.26 Å². The molecule has 4 nitrogen and oxygen atoms in total. The Morgan fingerprint density at radius 2 is 2.22 bits per heavy atom. The van der Waals surface area contributed by atoms with Crippen LogP contribution in [0.25, 0.3) is 0 Å². The van der Waals surface area contributed by atoms with E-state index in [1.54, 1.807) is 25.1 Å². The molecule has 1 atom stereocenters. The van der Waals surface area contributed by atoms with Gasteiger partial charge in [-0.05, 0) is 24.6 Å². The van der Waals surface area contributed by atoms with Crippen molar-refractivity contribution in [3.05, 3.63) is 33.8 Å². The number of ether oxygens (including phenoxy) is 1. The molecule has 0 saturated heterocycles. The van der Waals surface area contributed by atoms with E-state index in [1.807, 2.05) is 6.07 Å². The molecule has 0 aromatic heterocycles. The summed E-state index contributed by atoms with van der Waals surface area (Å²) in [5, 5.41) is 12.6. The Kier molecular flexibility index (Phi) is 5.93. The standard InChI is InChI=1S/C12H12Cl2N2O2/c1-2-18-12(17)7-16-11(6-15)8-3-4-9(13)10(14)5-8/h3-5,11,16H,2,7H2,1H3. The lowest BCUT2D eigenvalue weighted by molar-refractivity contribution is -0.142. The fraction of sp³-hybridized carbons (Fsp3) is 0.333. The topological polar surface area (TPSA) is 62.1 Å². The van der Waals surface area contributed by atoms with Crippen molar-refractivity contribution in [2.45, 2.75) is 13.0 Å². The molecule has 1 N–H and O–H groups in total. The number of halogens is 2. The van der Waals surface area contributed by atoms with Crippen LogP contribution in [0, 0.1) is 11.3 Å². The second-order valence-corrected chi connectivity index (χ2v) is 4.24. The smallest absolute Gasteiger partial charge is 0.319 e. The van der Waals surface area contributed by atoms with Crippen LogP contribution in [0.2, 0.25) is 10.0 Å². The van der Waals surface area contributed by atoms with Crippen LogP contribution < -0.4 is 5.32 Å². The number of hydrogen-bond donors (Lipinski definition) is 1. The Labute approximate surface area is 115 Å². The SMILES string of the molecule is CCOC(=O)CNC(C#N)c1ccc(Cl)c(Cl)c1. The van der Waals surface area contributed by atoms with E-state index in [2.05, 4.69) is 5.32 Å². The number of nitrogens with zero attached hydrogens (tertiary/aromatic N) is 1. The normalized spacial score (nSPS) is 11.7. The molecule has 0 aliphatic heterocycles. The maximum absolute atomic E-state index is 11.2. The molecule has 0 aliphatic carbocycles. The van der Waals surface area contributed by atoms with E-state index in [0.29, 0.717) is 22.2 Å². The monoisotopic (exact) mass is 286 g/mol. The molecule has 0 bridgehead atoms. The molecular weight excluding hydrogens is 275 g/mol. The second kappa shape index (κ2) is 7.22. The van der Waals surface area contributed by atoms with E-state index < -0.39 is 12.0 Å². The number of benzene rings is 1. The highest BCUT2D eigenvalue weighted by Gasteiger charge is 2.13. The van der Waals surface area contributed by atoms with Gasteiger partial charge in [-0.3, -0.25) is 10.1 Å². The fourth-order valence-corrected chi connectivity index (χ4v) is 1.63. The third-order valence-electron chi connectivity index (χ3n) is 2.16. The zero-order valence-electron chi connectivity index (χ0n) is 9.74. The molecule has 1 rings (SSSR count). The van der Waals surface area contributed by atoms with Gasteiger partial charge >= 0.3 is 5.97 Å². The number of carbonyl (C=O) groups excluding carboxylic acids is 1. The van der Waals surface area contributed by atoms with Crippen molar-refractivity contribution < 1.29 is 9.53 Å². The molecule has 6 heteroatoms. The summed E-state index contributed by atoms with van der Waals surface area (Å²) in [6, 6.07) is 6.29. The number of hydrogen-bond acceptors (Lipinski definition) is 4. The van der Waals surface area contributed by atoms with Crippen LogP contribution in [0.15, 0.2) is 18.2 Å². The van der Waals surface area contributed by atoms with Gasteiger partial charge in [0.05, 0.1) is 29.3 Å². The predicted molar refractivity (Wildman–Crippen MR) is 69.5 cm³/mol. The highest BCUT2D eigenvalue weighted by atomic mass is 35.5. The largest absolute Gasteiger partial charge is 0.465 e. The number of nitriles is 1. The van der Waals surface area contributed by atoms with Crippen LogP contribution in [0.5, 0.6) is 0 Å². The summed E-state index contributed by atoms with van der Waals surface area (Å²) in [5.41, 5.74) is 0.649. The molecule has 0 heterocycles. The first kappa shape index (κ1) is 14.8. The van der Waals surface area contributed by atoms with Gasteiger partial charge in [-0.25, -0.2) is 0 Å². The molecule has 0 radical (unpaired) electrons. The Hall–Kier alpha value is -1.28. The van der Waals surface area contributed by atoms with Crippen molar-refractivity contribution in [3.63, 3.8) is 0 Å². The molecule has 96 valence electrons. The van der Waals surface area contributed by atoms with E-state index in [4.69, 9.17) is 33.2 Å². The maximum atomic E-state index is 11.2. The third kappa shape index (κ3) is 4.19. The first-order valence-corrected chi connectivity index (χ1v) is 6.07. The van der Waals surface area contributed by atoms with Gasteiger partial charge < -0.3 is 4.74 Å². The van der Waals surface area contributed by atoms with Gasteiger partial charge in [-0.1, -0.05) is 29.3 Å². The predicted octanol–water partition coefficient (Wildman–Crippen LogP) is 2.71. The van der Waals surface area contributed by atoms with Crippen LogP contribution in [0.1, 0.15) is 18.5 Å². The maximum Gasteiger partial charge on any atom is 0.319 e. The molecule has 0 amide bonds. The van der Waals surface area contributed by atoms with Gasteiger partial charge in [0.15, 0.2) is 0 Å². The lowest BCUT2D eigenvalue weighted by Crippen LogP contribution is -2.28. The summed E-state index contributed by atoms with van der Waals surface area (Å²) in [7, 11) is 0. The van der Waals surface area contributed by atoms with E-state index in [9.17, 15) is 4.79 Å². The van der Waals surface area contributed by atoms with Crippen LogP contribution >= 0.6 is 23.2 Å². The second-order valence-electron chi connectivity index (χ2n) is 3.42. The Morgan fingerprint density at radius 1 is 1.50 bits per heavy atom. The quantitative estimate of drug-likeness (QED) is 0.846. The van der Waals surface area contributed by atoms with Crippen LogP contribution in [0.3, 0.4) is 0 Å². The van der Waals surface area contributed by atoms with Gasteiger partial charge in [0.25, 0.3) is 0 Å². The van der Waals surface area contributed by atoms with Crippen molar-refractivity contribution in [2.75, 3.05) is 13.2 Å². The van der Waals surface area contributed by atoms with Crippen LogP contribution in [0.4, 0.5) is 0 Å². The molecule has 18 heavy (non-hydrogen) atoms. The fourth-order valence-electron chi connectivity index (χ4n) is 1.33. The van der Waals surface area contributed by atoms with Gasteiger partial charge in [-0.15, -0.1) is 0 Å². The summed E-state index contributed by atoms with van der Waals surface area (Å²) in [6.45, 7) is 2.00. The van der Waals surface area contributed by atoms with Crippen molar-refractivity contribution in [1.82, 2.24) is 5.32 Å². The molecule has 1 aromatic carbocycles. The zero-order valence-corrected chi connectivity index (χ0v) is 11.3. The number of nitrogens with one attached hydrogen (secondary N) is 1. The molecule has 1 unspecified atom stereocenters. The number of rotatable bonds is 5. The minimum absolute atomic E-state index is 0.0354. The summed E-state index contributed by atoms with van der Waals surface area (Å²) in [6.07, 6.45) is 0. The molecule has 0 aliphatic rings. The molecule has 0 saturated carbocycles. The molecular formula is C12H12Cl2N2O2. The molecule has 1 aromatic rings. The summed E-state index contributed by atoms with van der Waals surface area (Å²) < 4.78 is 4.76. The van der Waals surface area contributed by atoms with Crippen molar-refractivity contribution in [1.29, 1.82) is 5.26 Å². The molecule has 0 fully saturated rings. The number of carbonyl (C=O) groups is 1. The van der Waals surface area contributed by atoms with Crippen molar-refractivity contribution >= 4 is 29.2 Å². The average molecular weight is 287 g/mol. The summed E-state index contributed by atoms with van der Waals surface area (Å²) in [4.78, 5) is 11.2. The highest BCUT2D eigenvalue weighted by molar-refractivity contribution is 6.42. The highest BCUT2D eigenvalue weighted by Crippen LogP contribution is 2.25. The lowest BCUT2D eigenvalue weighted by Gasteiger charge is -2.12. The van der Waals surface area contributed by atoms with Gasteiger partial charge in [0.2, 0.25) is 0 Å². The van der Waals surface area contributed by atoms with E-state index in [1.165, 1.54) is 0 Å². The van der Waals surface area contributed by atoms with Crippen molar-refractivity contribution in [2.24, 2.45) is 0 Å². The van der Waals surface area contributed by atoms with Crippen LogP contribution in [-0.2, 0) is 9.53 Å². The average Bonchev–Trinajstić information content (AvgIpc) is 2.34. The molecule has 0 spiro atoms. The first-order valence-electron chi connectivity index (χ1n) is 5.32. The van der Waals surface area contributed by atoms with E-state index in [0.717, 1.165) is 0 Å². The Bertz CT molecular complexity index is 472. The van der Waals surface area contributed by atoms with E-state index >= 15 is 0 Å². The minimum Gasteiger partial charge on any atom is -0.465 e. The van der Waals surface area contributed by atoms with E-state index in [-0.39, 0.29) is 6.54 Å². The Morgan fingerprint density at radius 3 is 2.78 bits per heavy atom. The van der Waals surface area contributed by atoms with Crippen LogP contribution in [-0.4, -0.2) is 19.1 Å². The zero-order chi connectivity index (χ0) is 13.5. The summed E-state index contributed by atoms with van der Waals surface area (Å²) >= 11 is 11.7. The van der Waals surface area contributed by atoms with Gasteiger partial charge in [0, 0.05) is 0 Å². The third-order valence-corrected chi connectivity index (χ3v) is 2.90. The first-order chi connectivity index (χ1) is 8.58. The minimum atomic E-state index is -0.635. The van der Waals surface area contributed by atoms with Gasteiger partial charge in [0.1, 0.15) is 6.04 Å². The Balaban J connectivity index is 2.69.